The van der Waals surface area contributed by atoms with Gasteiger partial charge < -0.3 is 4.74 Å². The Bertz CT molecular complexity index is 347. The highest BCUT2D eigenvalue weighted by Gasteiger charge is 2.22. The fraction of sp³-hybridized carbons (Fsp3) is 0.556. The number of rotatable bonds is 1. The topological polar surface area (TPSA) is 45.9 Å². The van der Waals surface area contributed by atoms with Gasteiger partial charge in [-0.2, -0.15) is 5.26 Å². The first-order valence-corrected chi connectivity index (χ1v) is 5.12. The van der Waals surface area contributed by atoms with E-state index in [9.17, 15) is 0 Å². The number of ether oxygens (including phenoxy) is 1. The molecule has 0 saturated carbocycles. The SMILES string of the molecule is Cc1nc(C2CCCO2)sc1C#N. The van der Waals surface area contributed by atoms with Gasteiger partial charge in [0.2, 0.25) is 0 Å². The van der Waals surface area contributed by atoms with E-state index in [0.29, 0.717) is 4.88 Å². The molecule has 1 aromatic heterocycles. The van der Waals surface area contributed by atoms with Gasteiger partial charge in [-0.05, 0) is 19.8 Å². The Morgan fingerprint density at radius 2 is 2.54 bits per heavy atom. The summed E-state index contributed by atoms with van der Waals surface area (Å²) in [5.41, 5.74) is 0.831. The van der Waals surface area contributed by atoms with Gasteiger partial charge in [0.15, 0.2) is 0 Å². The van der Waals surface area contributed by atoms with Gasteiger partial charge >= 0.3 is 0 Å². The molecule has 1 saturated heterocycles. The standard InChI is InChI=1S/C9H10N2OS/c1-6-8(5-10)13-9(11-6)7-3-2-4-12-7/h7H,2-4H2,1H3. The third-order valence-corrected chi connectivity index (χ3v) is 3.27. The highest BCUT2D eigenvalue weighted by Crippen LogP contribution is 2.32. The van der Waals surface area contributed by atoms with Crippen LogP contribution in [-0.4, -0.2) is 11.6 Å². The average Bonchev–Trinajstić information content (AvgIpc) is 2.71. The smallest absolute Gasteiger partial charge is 0.127 e. The maximum Gasteiger partial charge on any atom is 0.127 e. The van der Waals surface area contributed by atoms with E-state index in [1.807, 2.05) is 6.92 Å². The third-order valence-electron chi connectivity index (χ3n) is 2.12. The first-order chi connectivity index (χ1) is 6.31. The van der Waals surface area contributed by atoms with E-state index >= 15 is 0 Å². The predicted molar refractivity (Wildman–Crippen MR) is 49.5 cm³/mol. The van der Waals surface area contributed by atoms with E-state index in [1.165, 1.54) is 11.3 Å². The molecule has 1 aromatic rings. The van der Waals surface area contributed by atoms with Crippen LogP contribution in [0.1, 0.15) is 34.5 Å². The number of aromatic nitrogens is 1. The Morgan fingerprint density at radius 1 is 1.69 bits per heavy atom. The summed E-state index contributed by atoms with van der Waals surface area (Å²) < 4.78 is 5.49. The Hall–Kier alpha value is -0.920. The number of aryl methyl sites for hydroxylation is 1. The molecular formula is C9H10N2OS. The van der Waals surface area contributed by atoms with Crippen molar-refractivity contribution in [2.24, 2.45) is 0 Å². The summed E-state index contributed by atoms with van der Waals surface area (Å²) in [6.45, 7) is 2.69. The van der Waals surface area contributed by atoms with Crippen molar-refractivity contribution < 1.29 is 4.74 Å². The molecule has 68 valence electrons. The third kappa shape index (κ3) is 1.58. The van der Waals surface area contributed by atoms with Crippen molar-refractivity contribution in [1.29, 1.82) is 5.26 Å². The van der Waals surface area contributed by atoms with Gasteiger partial charge in [0.05, 0.1) is 5.69 Å². The molecule has 0 amide bonds. The predicted octanol–water partition coefficient (Wildman–Crippen LogP) is 2.17. The minimum Gasteiger partial charge on any atom is -0.371 e. The summed E-state index contributed by atoms with van der Waals surface area (Å²) in [5, 5.41) is 9.72. The van der Waals surface area contributed by atoms with Crippen LogP contribution in [0, 0.1) is 18.3 Å². The number of hydrogen-bond donors (Lipinski definition) is 0. The van der Waals surface area contributed by atoms with E-state index in [-0.39, 0.29) is 6.10 Å². The minimum absolute atomic E-state index is 0.144. The minimum atomic E-state index is 0.144. The molecule has 1 atom stereocenters. The highest BCUT2D eigenvalue weighted by molar-refractivity contribution is 7.12. The molecule has 2 heterocycles. The molecule has 13 heavy (non-hydrogen) atoms. The lowest BCUT2D eigenvalue weighted by molar-refractivity contribution is 0.111. The van der Waals surface area contributed by atoms with Crippen molar-refractivity contribution in [2.45, 2.75) is 25.9 Å². The second-order valence-corrected chi connectivity index (χ2v) is 4.11. The van der Waals surface area contributed by atoms with Gasteiger partial charge in [-0.25, -0.2) is 4.98 Å². The van der Waals surface area contributed by atoms with Crippen molar-refractivity contribution in [3.63, 3.8) is 0 Å². The zero-order valence-corrected chi connectivity index (χ0v) is 8.23. The second kappa shape index (κ2) is 3.44. The monoisotopic (exact) mass is 194 g/mol. The number of hydrogen-bond acceptors (Lipinski definition) is 4. The van der Waals surface area contributed by atoms with E-state index < -0.39 is 0 Å². The van der Waals surface area contributed by atoms with Gasteiger partial charge in [-0.15, -0.1) is 11.3 Å². The zero-order valence-electron chi connectivity index (χ0n) is 7.41. The van der Waals surface area contributed by atoms with Crippen molar-refractivity contribution in [3.05, 3.63) is 15.6 Å². The first-order valence-electron chi connectivity index (χ1n) is 4.30. The van der Waals surface area contributed by atoms with Gasteiger partial charge in [0.1, 0.15) is 22.1 Å². The molecule has 0 aromatic carbocycles. The number of nitriles is 1. The van der Waals surface area contributed by atoms with Crippen LogP contribution in [0.2, 0.25) is 0 Å². The molecule has 0 spiro atoms. The maximum absolute atomic E-state index is 8.75. The molecule has 0 radical (unpaired) electrons. The van der Waals surface area contributed by atoms with Gasteiger partial charge in [-0.1, -0.05) is 0 Å². The Kier molecular flexibility index (Phi) is 2.30. The molecule has 1 unspecified atom stereocenters. The van der Waals surface area contributed by atoms with Crippen LogP contribution < -0.4 is 0 Å². The van der Waals surface area contributed by atoms with Crippen molar-refractivity contribution in [2.75, 3.05) is 6.61 Å². The molecule has 2 rings (SSSR count). The van der Waals surface area contributed by atoms with Crippen LogP contribution in [-0.2, 0) is 4.74 Å². The molecule has 3 nitrogen and oxygen atoms in total. The van der Waals surface area contributed by atoms with Crippen molar-refractivity contribution >= 4 is 11.3 Å². The summed E-state index contributed by atoms with van der Waals surface area (Å²) in [6.07, 6.45) is 2.29. The molecule has 0 N–H and O–H groups in total. The van der Waals surface area contributed by atoms with E-state index in [2.05, 4.69) is 11.1 Å². The zero-order chi connectivity index (χ0) is 9.26. The molecule has 0 bridgehead atoms. The van der Waals surface area contributed by atoms with Crippen LogP contribution in [0.4, 0.5) is 0 Å². The van der Waals surface area contributed by atoms with Gasteiger partial charge in [0.25, 0.3) is 0 Å². The Labute approximate surface area is 81.0 Å². The van der Waals surface area contributed by atoms with Crippen LogP contribution in [0.25, 0.3) is 0 Å². The summed E-state index contributed by atoms with van der Waals surface area (Å²) in [5.74, 6) is 0. The van der Waals surface area contributed by atoms with Crippen LogP contribution >= 0.6 is 11.3 Å². The second-order valence-electron chi connectivity index (χ2n) is 3.08. The fourth-order valence-electron chi connectivity index (χ4n) is 1.43. The van der Waals surface area contributed by atoms with E-state index in [0.717, 1.165) is 30.2 Å². The van der Waals surface area contributed by atoms with Crippen LogP contribution in [0.3, 0.4) is 0 Å². The Balaban J connectivity index is 2.26. The molecule has 1 fully saturated rings. The summed E-state index contributed by atoms with van der Waals surface area (Å²) in [7, 11) is 0. The van der Waals surface area contributed by atoms with E-state index in [4.69, 9.17) is 10.00 Å². The Morgan fingerprint density at radius 3 is 3.08 bits per heavy atom. The van der Waals surface area contributed by atoms with Gasteiger partial charge in [-0.3, -0.25) is 0 Å². The molecular weight excluding hydrogens is 184 g/mol. The van der Waals surface area contributed by atoms with Gasteiger partial charge in [0, 0.05) is 6.61 Å². The van der Waals surface area contributed by atoms with E-state index in [1.54, 1.807) is 0 Å². The normalized spacial score (nSPS) is 21.7. The number of thiazole rings is 1. The van der Waals surface area contributed by atoms with Crippen molar-refractivity contribution in [3.8, 4) is 6.07 Å². The van der Waals surface area contributed by atoms with Crippen LogP contribution in [0.5, 0.6) is 0 Å². The lowest BCUT2D eigenvalue weighted by atomic mass is 10.2. The van der Waals surface area contributed by atoms with Crippen LogP contribution in [0.15, 0.2) is 0 Å². The fourth-order valence-corrected chi connectivity index (χ4v) is 2.38. The maximum atomic E-state index is 8.75. The highest BCUT2D eigenvalue weighted by atomic mass is 32.1. The average molecular weight is 194 g/mol. The lowest BCUT2D eigenvalue weighted by Gasteiger charge is -2.02. The lowest BCUT2D eigenvalue weighted by Crippen LogP contribution is -1.94. The number of nitrogens with zero attached hydrogens (tertiary/aromatic N) is 2. The molecule has 0 aliphatic carbocycles. The molecule has 1 aliphatic rings. The summed E-state index contributed by atoms with van der Waals surface area (Å²) in [4.78, 5) is 5.05. The molecule has 1 aliphatic heterocycles. The largest absolute Gasteiger partial charge is 0.371 e. The first kappa shape index (κ1) is 8.67. The summed E-state index contributed by atoms with van der Waals surface area (Å²) >= 11 is 1.46. The molecule has 4 heteroatoms. The van der Waals surface area contributed by atoms with Crippen molar-refractivity contribution in [1.82, 2.24) is 4.98 Å². The summed E-state index contributed by atoms with van der Waals surface area (Å²) in [6, 6.07) is 2.14. The quantitative estimate of drug-likeness (QED) is 0.688.